The Labute approximate surface area is 156 Å². The van der Waals surface area contributed by atoms with Gasteiger partial charge in [-0.3, -0.25) is 4.79 Å². The van der Waals surface area contributed by atoms with Crippen LogP contribution in [0.25, 0.3) is 0 Å². The summed E-state index contributed by atoms with van der Waals surface area (Å²) < 4.78 is 0. The Morgan fingerprint density at radius 3 is 2.28 bits per heavy atom. The molecule has 0 atom stereocenters. The third-order valence-corrected chi connectivity index (χ3v) is 4.75. The Bertz CT molecular complexity index is 810. The van der Waals surface area contributed by atoms with Gasteiger partial charge >= 0.3 is 0 Å². The number of para-hydroxylation sites is 1. The lowest BCUT2D eigenvalue weighted by Crippen LogP contribution is -2.31. The molecule has 0 aliphatic heterocycles. The van der Waals surface area contributed by atoms with Crippen LogP contribution >= 0.6 is 23.4 Å². The number of aromatic nitrogens is 1. The largest absolute Gasteiger partial charge is 0.307 e. The first-order chi connectivity index (χ1) is 12.2. The topological polar surface area (TPSA) is 33.2 Å². The first kappa shape index (κ1) is 17.5. The molecule has 1 amide bonds. The van der Waals surface area contributed by atoms with Crippen molar-refractivity contribution in [2.45, 2.75) is 11.6 Å². The van der Waals surface area contributed by atoms with Crippen LogP contribution in [0.5, 0.6) is 0 Å². The van der Waals surface area contributed by atoms with Crippen LogP contribution < -0.4 is 4.90 Å². The number of hydrogen-bond donors (Lipinski definition) is 0. The summed E-state index contributed by atoms with van der Waals surface area (Å²) >= 11 is 7.26. The molecule has 3 aromatic rings. The Balaban J connectivity index is 1.74. The van der Waals surface area contributed by atoms with E-state index in [1.165, 1.54) is 11.8 Å². The molecule has 1 aromatic heterocycles. The van der Waals surface area contributed by atoms with Gasteiger partial charge in [-0.2, -0.15) is 0 Å². The first-order valence-electron chi connectivity index (χ1n) is 7.86. The molecule has 0 aliphatic carbocycles. The number of pyridine rings is 1. The second-order valence-corrected chi connectivity index (χ2v) is 6.84. The maximum Gasteiger partial charge on any atom is 0.237 e. The number of rotatable bonds is 6. The summed E-state index contributed by atoms with van der Waals surface area (Å²) in [4.78, 5) is 18.9. The Kier molecular flexibility index (Phi) is 6.09. The first-order valence-corrected chi connectivity index (χ1v) is 9.22. The zero-order valence-electron chi connectivity index (χ0n) is 13.5. The number of thioether (sulfide) groups is 1. The van der Waals surface area contributed by atoms with Gasteiger partial charge in [-0.05, 0) is 29.8 Å². The SMILES string of the molecule is O=C(CSc1ccc(Cl)cn1)N(Cc1ccccc1)c1ccccc1. The van der Waals surface area contributed by atoms with E-state index >= 15 is 0 Å². The van der Waals surface area contributed by atoms with Crippen LogP contribution in [-0.4, -0.2) is 16.6 Å². The van der Waals surface area contributed by atoms with Gasteiger partial charge in [0.05, 0.1) is 22.3 Å². The van der Waals surface area contributed by atoms with Crippen molar-refractivity contribution in [1.82, 2.24) is 4.98 Å². The maximum absolute atomic E-state index is 12.8. The van der Waals surface area contributed by atoms with Gasteiger partial charge in [0, 0.05) is 11.9 Å². The van der Waals surface area contributed by atoms with E-state index in [1.807, 2.05) is 66.7 Å². The van der Waals surface area contributed by atoms with Gasteiger partial charge in [-0.1, -0.05) is 71.9 Å². The molecule has 0 bridgehead atoms. The van der Waals surface area contributed by atoms with Crippen LogP contribution in [0.15, 0.2) is 84.0 Å². The number of benzene rings is 2. The van der Waals surface area contributed by atoms with Crippen LogP contribution in [0.4, 0.5) is 5.69 Å². The molecule has 0 N–H and O–H groups in total. The van der Waals surface area contributed by atoms with Gasteiger partial charge in [-0.15, -0.1) is 0 Å². The molecule has 1 heterocycles. The van der Waals surface area contributed by atoms with Crippen molar-refractivity contribution in [2.75, 3.05) is 10.7 Å². The predicted octanol–water partition coefficient (Wildman–Crippen LogP) is 5.06. The van der Waals surface area contributed by atoms with Crippen LogP contribution in [-0.2, 0) is 11.3 Å². The molecule has 25 heavy (non-hydrogen) atoms. The van der Waals surface area contributed by atoms with Gasteiger partial charge in [0.1, 0.15) is 0 Å². The summed E-state index contributed by atoms with van der Waals surface area (Å²) in [5, 5.41) is 1.37. The lowest BCUT2D eigenvalue weighted by Gasteiger charge is -2.23. The molecule has 126 valence electrons. The Morgan fingerprint density at radius 1 is 0.960 bits per heavy atom. The molecule has 0 unspecified atom stereocenters. The van der Waals surface area contributed by atoms with Gasteiger partial charge in [0.15, 0.2) is 0 Å². The molecule has 0 radical (unpaired) electrons. The summed E-state index contributed by atoms with van der Waals surface area (Å²) in [5.74, 6) is 0.355. The highest BCUT2D eigenvalue weighted by molar-refractivity contribution is 7.99. The van der Waals surface area contributed by atoms with Crippen molar-refractivity contribution >= 4 is 35.0 Å². The average Bonchev–Trinajstić information content (AvgIpc) is 2.67. The van der Waals surface area contributed by atoms with Gasteiger partial charge < -0.3 is 4.90 Å². The second-order valence-electron chi connectivity index (χ2n) is 5.40. The second kappa shape index (κ2) is 8.70. The molecule has 0 spiro atoms. The molecule has 0 saturated heterocycles. The number of nitrogens with zero attached hydrogens (tertiary/aromatic N) is 2. The number of anilines is 1. The van der Waals surface area contributed by atoms with E-state index in [4.69, 9.17) is 11.6 Å². The lowest BCUT2D eigenvalue weighted by molar-refractivity contribution is -0.116. The summed E-state index contributed by atoms with van der Waals surface area (Å²) in [5.41, 5.74) is 1.98. The lowest BCUT2D eigenvalue weighted by atomic mass is 10.2. The van der Waals surface area contributed by atoms with E-state index in [9.17, 15) is 4.79 Å². The van der Waals surface area contributed by atoms with Crippen molar-refractivity contribution in [3.63, 3.8) is 0 Å². The van der Waals surface area contributed by atoms with E-state index in [0.29, 0.717) is 17.3 Å². The summed E-state index contributed by atoms with van der Waals surface area (Å²) in [7, 11) is 0. The molecule has 5 heteroatoms. The number of amides is 1. The van der Waals surface area contributed by atoms with E-state index in [0.717, 1.165) is 16.3 Å². The number of carbonyl (C=O) groups is 1. The fraction of sp³-hybridized carbons (Fsp3) is 0.100. The summed E-state index contributed by atoms with van der Waals surface area (Å²) in [6.45, 7) is 0.540. The van der Waals surface area contributed by atoms with E-state index in [-0.39, 0.29) is 5.91 Å². The van der Waals surface area contributed by atoms with Crippen molar-refractivity contribution in [3.8, 4) is 0 Å². The van der Waals surface area contributed by atoms with Crippen molar-refractivity contribution in [3.05, 3.63) is 89.6 Å². The molecular formula is C20H17ClN2OS. The quantitative estimate of drug-likeness (QED) is 0.570. The molecule has 3 nitrogen and oxygen atoms in total. The highest BCUT2D eigenvalue weighted by Crippen LogP contribution is 2.22. The third-order valence-electron chi connectivity index (χ3n) is 3.60. The average molecular weight is 369 g/mol. The van der Waals surface area contributed by atoms with E-state index in [2.05, 4.69) is 4.98 Å². The number of hydrogen-bond acceptors (Lipinski definition) is 3. The molecule has 2 aromatic carbocycles. The molecule has 0 aliphatic rings. The molecule has 0 fully saturated rings. The molecule has 0 saturated carbocycles. The Hall–Kier alpha value is -2.30. The zero-order valence-corrected chi connectivity index (χ0v) is 15.1. The van der Waals surface area contributed by atoms with Crippen molar-refractivity contribution in [1.29, 1.82) is 0 Å². The fourth-order valence-electron chi connectivity index (χ4n) is 2.36. The molecular weight excluding hydrogens is 352 g/mol. The number of halogens is 1. The normalized spacial score (nSPS) is 10.4. The smallest absolute Gasteiger partial charge is 0.237 e. The highest BCUT2D eigenvalue weighted by atomic mass is 35.5. The maximum atomic E-state index is 12.8. The van der Waals surface area contributed by atoms with Crippen molar-refractivity contribution < 1.29 is 4.79 Å². The highest BCUT2D eigenvalue weighted by Gasteiger charge is 2.16. The monoisotopic (exact) mass is 368 g/mol. The van der Waals surface area contributed by atoms with Crippen LogP contribution in [0.2, 0.25) is 5.02 Å². The van der Waals surface area contributed by atoms with Gasteiger partial charge in [0.2, 0.25) is 5.91 Å². The minimum absolute atomic E-state index is 0.0387. The van der Waals surface area contributed by atoms with Crippen LogP contribution in [0.1, 0.15) is 5.56 Å². The molecule has 3 rings (SSSR count). The Morgan fingerprint density at radius 2 is 1.64 bits per heavy atom. The van der Waals surface area contributed by atoms with Gasteiger partial charge in [0.25, 0.3) is 0 Å². The zero-order chi connectivity index (χ0) is 17.5. The fourth-order valence-corrected chi connectivity index (χ4v) is 3.19. The predicted molar refractivity (Wildman–Crippen MR) is 104 cm³/mol. The standard InChI is InChI=1S/C20H17ClN2OS/c21-17-11-12-19(22-13-17)25-15-20(24)23(18-9-5-2-6-10-18)14-16-7-3-1-4-8-16/h1-13H,14-15H2. The van der Waals surface area contributed by atoms with Crippen LogP contribution in [0.3, 0.4) is 0 Å². The third kappa shape index (κ3) is 5.08. The van der Waals surface area contributed by atoms with E-state index in [1.54, 1.807) is 17.2 Å². The van der Waals surface area contributed by atoms with Crippen molar-refractivity contribution in [2.24, 2.45) is 0 Å². The minimum Gasteiger partial charge on any atom is -0.307 e. The van der Waals surface area contributed by atoms with Gasteiger partial charge in [-0.25, -0.2) is 4.98 Å². The summed E-state index contributed by atoms with van der Waals surface area (Å²) in [6.07, 6.45) is 1.59. The number of carbonyl (C=O) groups excluding carboxylic acids is 1. The van der Waals surface area contributed by atoms with Crippen LogP contribution in [0, 0.1) is 0 Å². The minimum atomic E-state index is 0.0387. The van der Waals surface area contributed by atoms with E-state index < -0.39 is 0 Å². The summed E-state index contributed by atoms with van der Waals surface area (Å²) in [6, 6.07) is 23.3.